The molecule has 1 aliphatic heterocycles. The molecule has 0 aromatic heterocycles. The van der Waals surface area contributed by atoms with E-state index in [1.165, 1.54) is 28.8 Å². The molecule has 1 aliphatic rings. The summed E-state index contributed by atoms with van der Waals surface area (Å²) < 4.78 is 45.0. The second-order valence-electron chi connectivity index (χ2n) is 6.02. The Balaban J connectivity index is 1.49. The number of para-hydroxylation sites is 1. The minimum Gasteiger partial charge on any atom is -0.454 e. The van der Waals surface area contributed by atoms with Crippen molar-refractivity contribution in [3.05, 3.63) is 48.5 Å². The van der Waals surface area contributed by atoms with Gasteiger partial charge in [0.2, 0.25) is 5.91 Å². The zero-order chi connectivity index (χ0) is 21.7. The third-order valence-corrected chi connectivity index (χ3v) is 4.88. The minimum atomic E-state index is -4.81. The number of carbonyl (C=O) groups is 3. The second kappa shape index (κ2) is 9.08. The zero-order valence-electron chi connectivity index (χ0n) is 15.3. The lowest BCUT2D eigenvalue weighted by Gasteiger charge is -2.27. The van der Waals surface area contributed by atoms with Crippen molar-refractivity contribution in [2.24, 2.45) is 0 Å². The van der Waals surface area contributed by atoms with E-state index in [1.54, 1.807) is 12.1 Å². The molecule has 30 heavy (non-hydrogen) atoms. The first kappa shape index (κ1) is 21.5. The molecule has 0 spiro atoms. The molecule has 158 valence electrons. The molecular weight excluding hydrogens is 425 g/mol. The predicted octanol–water partition coefficient (Wildman–Crippen LogP) is 3.21. The first-order valence-corrected chi connectivity index (χ1v) is 9.53. The second-order valence-corrected chi connectivity index (χ2v) is 7.03. The molecule has 0 bridgehead atoms. The number of thioether (sulfide) groups is 1. The van der Waals surface area contributed by atoms with Crippen LogP contribution in [0.15, 0.2) is 53.4 Å². The molecule has 0 fully saturated rings. The van der Waals surface area contributed by atoms with Gasteiger partial charge in [-0.1, -0.05) is 12.1 Å². The number of benzene rings is 2. The quantitative estimate of drug-likeness (QED) is 0.695. The Morgan fingerprint density at radius 1 is 1.10 bits per heavy atom. The largest absolute Gasteiger partial charge is 0.573 e. The Kier molecular flexibility index (Phi) is 6.50. The molecule has 0 aliphatic carbocycles. The number of anilines is 2. The summed E-state index contributed by atoms with van der Waals surface area (Å²) in [7, 11) is 0. The van der Waals surface area contributed by atoms with Crippen LogP contribution in [0.25, 0.3) is 0 Å². The number of esters is 1. The summed E-state index contributed by atoms with van der Waals surface area (Å²) >= 11 is 1.37. The van der Waals surface area contributed by atoms with Gasteiger partial charge in [0.15, 0.2) is 6.61 Å². The van der Waals surface area contributed by atoms with E-state index in [4.69, 9.17) is 4.74 Å². The highest BCUT2D eigenvalue weighted by molar-refractivity contribution is 8.00. The third kappa shape index (κ3) is 5.89. The predicted molar refractivity (Wildman–Crippen MR) is 102 cm³/mol. The summed E-state index contributed by atoms with van der Waals surface area (Å²) in [5, 5.41) is 2.38. The SMILES string of the molecule is O=C(COC(=O)CN1C(=O)CSc2ccccc21)Nc1ccc(OC(F)(F)F)cc1. The van der Waals surface area contributed by atoms with E-state index >= 15 is 0 Å². The maximum atomic E-state index is 12.1. The average Bonchev–Trinajstić information content (AvgIpc) is 2.69. The normalized spacial score (nSPS) is 13.4. The Hall–Kier alpha value is -3.21. The molecule has 0 saturated carbocycles. The van der Waals surface area contributed by atoms with Gasteiger partial charge in [-0.05, 0) is 36.4 Å². The van der Waals surface area contributed by atoms with Gasteiger partial charge in [-0.3, -0.25) is 19.3 Å². The van der Waals surface area contributed by atoms with E-state index in [-0.39, 0.29) is 23.9 Å². The number of fused-ring (bicyclic) bond motifs is 1. The number of hydrogen-bond donors (Lipinski definition) is 1. The van der Waals surface area contributed by atoms with Crippen molar-refractivity contribution in [1.29, 1.82) is 0 Å². The fourth-order valence-electron chi connectivity index (χ4n) is 2.59. The van der Waals surface area contributed by atoms with Crippen LogP contribution in [0, 0.1) is 0 Å². The van der Waals surface area contributed by atoms with Crippen LogP contribution in [0.2, 0.25) is 0 Å². The summed E-state index contributed by atoms with van der Waals surface area (Å²) in [5.74, 6) is -1.94. The van der Waals surface area contributed by atoms with Crippen LogP contribution in [0.4, 0.5) is 24.5 Å². The maximum Gasteiger partial charge on any atom is 0.573 e. The number of nitrogens with one attached hydrogen (secondary N) is 1. The van der Waals surface area contributed by atoms with Gasteiger partial charge in [0.1, 0.15) is 12.3 Å². The van der Waals surface area contributed by atoms with E-state index in [9.17, 15) is 27.6 Å². The molecule has 0 atom stereocenters. The number of hydrogen-bond acceptors (Lipinski definition) is 6. The Morgan fingerprint density at radius 3 is 2.50 bits per heavy atom. The lowest BCUT2D eigenvalue weighted by atomic mass is 10.2. The monoisotopic (exact) mass is 440 g/mol. The smallest absolute Gasteiger partial charge is 0.454 e. The lowest BCUT2D eigenvalue weighted by molar-refractivity contribution is -0.274. The van der Waals surface area contributed by atoms with Crippen molar-refractivity contribution in [1.82, 2.24) is 0 Å². The third-order valence-electron chi connectivity index (χ3n) is 3.83. The minimum absolute atomic E-state index is 0.193. The van der Waals surface area contributed by atoms with Gasteiger partial charge in [0.25, 0.3) is 5.91 Å². The van der Waals surface area contributed by atoms with Gasteiger partial charge in [-0.25, -0.2) is 0 Å². The standard InChI is InChI=1S/C19H15F3N2O5S/c20-19(21,22)29-13-7-5-12(6-8-13)23-16(25)10-28-18(27)9-24-14-3-1-2-4-15(14)30-11-17(24)26/h1-8H,9-11H2,(H,23,25). The fraction of sp³-hybridized carbons (Fsp3) is 0.211. The Morgan fingerprint density at radius 2 is 1.80 bits per heavy atom. The van der Waals surface area contributed by atoms with Crippen LogP contribution in [0.1, 0.15) is 0 Å². The van der Waals surface area contributed by atoms with Crippen molar-refractivity contribution < 1.29 is 37.0 Å². The molecule has 1 N–H and O–H groups in total. The molecule has 2 aromatic rings. The molecule has 7 nitrogen and oxygen atoms in total. The van der Waals surface area contributed by atoms with Crippen LogP contribution in [-0.2, 0) is 19.1 Å². The van der Waals surface area contributed by atoms with Crippen molar-refractivity contribution in [3.63, 3.8) is 0 Å². The Labute approximate surface area is 173 Å². The Bertz CT molecular complexity index is 950. The van der Waals surface area contributed by atoms with Crippen molar-refractivity contribution in [2.45, 2.75) is 11.3 Å². The number of alkyl halides is 3. The molecule has 2 aromatic carbocycles. The van der Waals surface area contributed by atoms with Crippen LogP contribution >= 0.6 is 11.8 Å². The van der Waals surface area contributed by atoms with E-state index in [0.29, 0.717) is 5.69 Å². The van der Waals surface area contributed by atoms with E-state index in [0.717, 1.165) is 17.0 Å². The topological polar surface area (TPSA) is 84.9 Å². The van der Waals surface area contributed by atoms with Crippen LogP contribution < -0.4 is 15.0 Å². The first-order chi connectivity index (χ1) is 14.2. The van der Waals surface area contributed by atoms with Gasteiger partial charge in [0.05, 0.1) is 11.4 Å². The summed E-state index contributed by atoms with van der Waals surface area (Å²) in [6, 6.07) is 11.6. The number of rotatable bonds is 6. The molecule has 0 radical (unpaired) electrons. The highest BCUT2D eigenvalue weighted by atomic mass is 32.2. The van der Waals surface area contributed by atoms with Gasteiger partial charge in [-0.2, -0.15) is 0 Å². The number of halogens is 3. The van der Waals surface area contributed by atoms with Crippen molar-refractivity contribution in [3.8, 4) is 5.75 Å². The number of ether oxygens (including phenoxy) is 2. The molecule has 2 amide bonds. The van der Waals surface area contributed by atoms with Gasteiger partial charge < -0.3 is 14.8 Å². The highest BCUT2D eigenvalue weighted by Gasteiger charge is 2.31. The average molecular weight is 440 g/mol. The molecule has 0 saturated heterocycles. The highest BCUT2D eigenvalue weighted by Crippen LogP contribution is 2.34. The van der Waals surface area contributed by atoms with Crippen molar-refractivity contribution >= 4 is 40.9 Å². The summed E-state index contributed by atoms with van der Waals surface area (Å²) in [6.07, 6.45) is -4.81. The molecule has 0 unspecified atom stereocenters. The van der Waals surface area contributed by atoms with E-state index in [2.05, 4.69) is 10.1 Å². The first-order valence-electron chi connectivity index (χ1n) is 8.55. The van der Waals surface area contributed by atoms with E-state index < -0.39 is 30.6 Å². The van der Waals surface area contributed by atoms with E-state index in [1.807, 2.05) is 12.1 Å². The number of nitrogens with zero attached hydrogens (tertiary/aromatic N) is 1. The summed E-state index contributed by atoms with van der Waals surface area (Å²) in [4.78, 5) is 38.3. The van der Waals surface area contributed by atoms with Crippen LogP contribution in [0.3, 0.4) is 0 Å². The van der Waals surface area contributed by atoms with Crippen LogP contribution in [0.5, 0.6) is 5.75 Å². The molecule has 11 heteroatoms. The zero-order valence-corrected chi connectivity index (χ0v) is 16.1. The molecular formula is C19H15F3N2O5S. The number of carbonyl (C=O) groups excluding carboxylic acids is 3. The molecule has 3 rings (SSSR count). The number of amides is 2. The summed E-state index contributed by atoms with van der Waals surface area (Å²) in [6.45, 7) is -0.953. The summed E-state index contributed by atoms with van der Waals surface area (Å²) in [5.41, 5.74) is 0.795. The van der Waals surface area contributed by atoms with Gasteiger partial charge >= 0.3 is 12.3 Å². The maximum absolute atomic E-state index is 12.1. The fourth-order valence-corrected chi connectivity index (χ4v) is 3.52. The van der Waals surface area contributed by atoms with Gasteiger partial charge in [-0.15, -0.1) is 24.9 Å². The van der Waals surface area contributed by atoms with Crippen LogP contribution in [-0.4, -0.2) is 43.1 Å². The van der Waals surface area contributed by atoms with Crippen molar-refractivity contribution in [2.75, 3.05) is 29.1 Å². The van der Waals surface area contributed by atoms with Gasteiger partial charge in [0, 0.05) is 10.6 Å². The lowest BCUT2D eigenvalue weighted by Crippen LogP contribution is -2.40. The molecule has 1 heterocycles.